The SMILES string of the molecule is O=C1c2ccccc2NC(c2ccccc2[N+](=O)[O-])N1O. The summed E-state index contributed by atoms with van der Waals surface area (Å²) in [5.41, 5.74) is 0.889. The zero-order chi connectivity index (χ0) is 15.0. The van der Waals surface area contributed by atoms with Gasteiger partial charge in [0.05, 0.1) is 16.1 Å². The lowest BCUT2D eigenvalue weighted by Crippen LogP contribution is -2.40. The highest BCUT2D eigenvalue weighted by Gasteiger charge is 2.35. The number of hydrogen-bond acceptors (Lipinski definition) is 5. The first-order chi connectivity index (χ1) is 10.1. The van der Waals surface area contributed by atoms with E-state index in [2.05, 4.69) is 5.32 Å². The molecule has 0 radical (unpaired) electrons. The molecule has 3 rings (SSSR count). The molecule has 2 aromatic carbocycles. The molecule has 0 bridgehead atoms. The molecule has 0 fully saturated rings. The van der Waals surface area contributed by atoms with Crippen LogP contribution in [-0.2, 0) is 0 Å². The number of para-hydroxylation sites is 2. The number of hydroxylamine groups is 2. The summed E-state index contributed by atoms with van der Waals surface area (Å²) in [6, 6.07) is 12.6. The Balaban J connectivity index is 2.09. The van der Waals surface area contributed by atoms with E-state index in [-0.39, 0.29) is 11.3 Å². The lowest BCUT2D eigenvalue weighted by atomic mass is 10.0. The Bertz CT molecular complexity index is 732. The second-order valence-corrected chi connectivity index (χ2v) is 4.56. The molecule has 1 heterocycles. The number of carbonyl (C=O) groups excluding carboxylic acids is 1. The van der Waals surface area contributed by atoms with Crippen LogP contribution in [0.15, 0.2) is 48.5 Å². The van der Waals surface area contributed by atoms with Crippen molar-refractivity contribution < 1.29 is 14.9 Å². The number of amides is 1. The summed E-state index contributed by atoms with van der Waals surface area (Å²) in [6.45, 7) is 0. The van der Waals surface area contributed by atoms with Crippen LogP contribution < -0.4 is 5.32 Å². The number of rotatable bonds is 2. The van der Waals surface area contributed by atoms with Crippen molar-refractivity contribution in [3.63, 3.8) is 0 Å². The summed E-state index contributed by atoms with van der Waals surface area (Å²) in [6.07, 6.45) is -1.01. The first kappa shape index (κ1) is 13.1. The summed E-state index contributed by atoms with van der Waals surface area (Å²) in [4.78, 5) is 22.7. The highest BCUT2D eigenvalue weighted by atomic mass is 16.6. The first-order valence-corrected chi connectivity index (χ1v) is 6.21. The Morgan fingerprint density at radius 2 is 1.81 bits per heavy atom. The molecule has 21 heavy (non-hydrogen) atoms. The number of nitrogens with one attached hydrogen (secondary N) is 1. The molecule has 1 amide bonds. The van der Waals surface area contributed by atoms with Crippen LogP contribution in [0.1, 0.15) is 22.1 Å². The molecule has 2 N–H and O–H groups in total. The van der Waals surface area contributed by atoms with E-state index in [1.54, 1.807) is 30.3 Å². The van der Waals surface area contributed by atoms with Gasteiger partial charge in [0.2, 0.25) is 0 Å². The van der Waals surface area contributed by atoms with Gasteiger partial charge in [-0.05, 0) is 18.2 Å². The molecular formula is C14H11N3O4. The highest BCUT2D eigenvalue weighted by Crippen LogP contribution is 2.35. The minimum absolute atomic E-state index is 0.166. The average molecular weight is 285 g/mol. The van der Waals surface area contributed by atoms with Crippen molar-refractivity contribution in [1.29, 1.82) is 0 Å². The van der Waals surface area contributed by atoms with Crippen molar-refractivity contribution in [3.8, 4) is 0 Å². The minimum atomic E-state index is -1.01. The number of nitro benzene ring substituents is 1. The topological polar surface area (TPSA) is 95.7 Å². The Morgan fingerprint density at radius 1 is 1.14 bits per heavy atom. The number of carbonyl (C=O) groups is 1. The Labute approximate surface area is 119 Å². The van der Waals surface area contributed by atoms with Crippen LogP contribution in [-0.4, -0.2) is 21.1 Å². The van der Waals surface area contributed by atoms with Crippen molar-refractivity contribution in [2.24, 2.45) is 0 Å². The number of hydrogen-bond donors (Lipinski definition) is 2. The van der Waals surface area contributed by atoms with Gasteiger partial charge in [0.1, 0.15) is 0 Å². The van der Waals surface area contributed by atoms with Crippen LogP contribution in [0.5, 0.6) is 0 Å². The van der Waals surface area contributed by atoms with E-state index in [1.807, 2.05) is 0 Å². The van der Waals surface area contributed by atoms with Gasteiger partial charge in [-0.1, -0.05) is 24.3 Å². The second-order valence-electron chi connectivity index (χ2n) is 4.56. The molecule has 1 aliphatic heterocycles. The molecule has 7 heteroatoms. The van der Waals surface area contributed by atoms with Crippen molar-refractivity contribution in [3.05, 3.63) is 69.8 Å². The van der Waals surface area contributed by atoms with Gasteiger partial charge in [-0.25, -0.2) is 0 Å². The van der Waals surface area contributed by atoms with Gasteiger partial charge >= 0.3 is 0 Å². The maximum atomic E-state index is 12.1. The predicted octanol–water partition coefficient (Wildman–Crippen LogP) is 2.55. The summed E-state index contributed by atoms with van der Waals surface area (Å²) in [5.74, 6) is -0.604. The molecule has 0 aliphatic carbocycles. The summed E-state index contributed by atoms with van der Waals surface area (Å²) >= 11 is 0. The third-order valence-corrected chi connectivity index (χ3v) is 3.33. The quantitative estimate of drug-likeness (QED) is 0.502. The molecule has 0 saturated carbocycles. The van der Waals surface area contributed by atoms with E-state index in [0.29, 0.717) is 16.3 Å². The minimum Gasteiger partial charge on any atom is -0.359 e. The molecular weight excluding hydrogens is 274 g/mol. The lowest BCUT2D eigenvalue weighted by Gasteiger charge is -2.33. The van der Waals surface area contributed by atoms with E-state index >= 15 is 0 Å². The summed E-state index contributed by atoms with van der Waals surface area (Å²) < 4.78 is 0. The molecule has 2 aromatic rings. The largest absolute Gasteiger partial charge is 0.359 e. The number of fused-ring (bicyclic) bond motifs is 1. The summed E-state index contributed by atoms with van der Waals surface area (Å²) in [7, 11) is 0. The Hall–Kier alpha value is -2.93. The lowest BCUT2D eigenvalue weighted by molar-refractivity contribution is -0.386. The van der Waals surface area contributed by atoms with Crippen LogP contribution >= 0.6 is 0 Å². The fraction of sp³-hybridized carbons (Fsp3) is 0.0714. The summed E-state index contributed by atoms with van der Waals surface area (Å²) in [5, 5.41) is 24.5. The smallest absolute Gasteiger partial charge is 0.281 e. The molecule has 0 aromatic heterocycles. The van der Waals surface area contributed by atoms with E-state index in [9.17, 15) is 20.1 Å². The van der Waals surface area contributed by atoms with E-state index in [4.69, 9.17) is 0 Å². The van der Waals surface area contributed by atoms with E-state index in [1.165, 1.54) is 18.2 Å². The number of anilines is 1. The number of nitro groups is 1. The van der Waals surface area contributed by atoms with Crippen LogP contribution in [0, 0.1) is 10.1 Å². The standard InChI is InChI=1S/C14H11N3O4/c18-14-9-5-1-3-7-11(9)15-13(16(14)19)10-6-2-4-8-12(10)17(20)21/h1-8,13,15,19H. The van der Waals surface area contributed by atoms with Crippen molar-refractivity contribution in [2.75, 3.05) is 5.32 Å². The van der Waals surface area contributed by atoms with Crippen LogP contribution in [0.2, 0.25) is 0 Å². The van der Waals surface area contributed by atoms with Crippen LogP contribution in [0.4, 0.5) is 11.4 Å². The fourth-order valence-corrected chi connectivity index (χ4v) is 2.34. The van der Waals surface area contributed by atoms with Gasteiger partial charge in [-0.15, -0.1) is 0 Å². The van der Waals surface area contributed by atoms with Gasteiger partial charge in [0, 0.05) is 11.8 Å². The number of benzene rings is 2. The Kier molecular flexibility index (Phi) is 3.03. The van der Waals surface area contributed by atoms with Crippen LogP contribution in [0.25, 0.3) is 0 Å². The van der Waals surface area contributed by atoms with Crippen molar-refractivity contribution in [1.82, 2.24) is 5.06 Å². The molecule has 1 atom stereocenters. The first-order valence-electron chi connectivity index (χ1n) is 6.21. The monoisotopic (exact) mass is 285 g/mol. The Morgan fingerprint density at radius 3 is 2.57 bits per heavy atom. The number of nitrogens with zero attached hydrogens (tertiary/aromatic N) is 2. The van der Waals surface area contributed by atoms with Gasteiger partial charge in [0.15, 0.2) is 6.17 Å². The van der Waals surface area contributed by atoms with E-state index < -0.39 is 17.0 Å². The molecule has 0 saturated heterocycles. The maximum Gasteiger partial charge on any atom is 0.281 e. The van der Waals surface area contributed by atoms with Crippen LogP contribution in [0.3, 0.4) is 0 Å². The fourth-order valence-electron chi connectivity index (χ4n) is 2.34. The zero-order valence-electron chi connectivity index (χ0n) is 10.8. The average Bonchev–Trinajstić information content (AvgIpc) is 2.51. The van der Waals surface area contributed by atoms with Crippen molar-refractivity contribution >= 4 is 17.3 Å². The molecule has 0 spiro atoms. The predicted molar refractivity (Wildman–Crippen MR) is 73.9 cm³/mol. The molecule has 1 unspecified atom stereocenters. The second kappa shape index (κ2) is 4.88. The third-order valence-electron chi connectivity index (χ3n) is 3.33. The zero-order valence-corrected chi connectivity index (χ0v) is 10.8. The maximum absolute atomic E-state index is 12.1. The molecule has 106 valence electrons. The molecule has 1 aliphatic rings. The van der Waals surface area contributed by atoms with Crippen molar-refractivity contribution in [2.45, 2.75) is 6.17 Å². The van der Waals surface area contributed by atoms with Gasteiger partial charge in [0.25, 0.3) is 11.6 Å². The van der Waals surface area contributed by atoms with Gasteiger partial charge in [-0.3, -0.25) is 20.1 Å². The van der Waals surface area contributed by atoms with Gasteiger partial charge < -0.3 is 5.32 Å². The molecule has 7 nitrogen and oxygen atoms in total. The highest BCUT2D eigenvalue weighted by molar-refractivity contribution is 6.01. The third kappa shape index (κ3) is 2.09. The normalized spacial score (nSPS) is 17.1. The van der Waals surface area contributed by atoms with Gasteiger partial charge in [-0.2, -0.15) is 5.06 Å². The van der Waals surface area contributed by atoms with E-state index in [0.717, 1.165) is 0 Å².